The zero-order chi connectivity index (χ0) is 18.1. The fourth-order valence-corrected chi connectivity index (χ4v) is 6.30. The standard InChI is InChI=1S/C14H18N2O5S3/c1-3-16-9(2)12-8-13(24(15,20)21)22-14(12)23(18,19)11-6-4-10(17)5-7-11/h4-9,16-17H,3H2,1-2H3,(H2,15,20,21). The Morgan fingerprint density at radius 2 is 1.79 bits per heavy atom. The molecule has 1 unspecified atom stereocenters. The molecule has 1 heterocycles. The summed E-state index contributed by atoms with van der Waals surface area (Å²) in [6, 6.07) is 5.97. The van der Waals surface area contributed by atoms with E-state index in [-0.39, 0.29) is 25.1 Å². The van der Waals surface area contributed by atoms with Gasteiger partial charge in [-0.25, -0.2) is 22.0 Å². The predicted octanol–water partition coefficient (Wildman–Crippen LogP) is 1.60. The van der Waals surface area contributed by atoms with Crippen LogP contribution in [0.5, 0.6) is 5.75 Å². The van der Waals surface area contributed by atoms with Crippen LogP contribution >= 0.6 is 11.3 Å². The largest absolute Gasteiger partial charge is 0.508 e. The molecule has 1 aromatic carbocycles. The lowest BCUT2D eigenvalue weighted by Crippen LogP contribution is -2.19. The second-order valence-corrected chi connectivity index (χ2v) is 10.1. The van der Waals surface area contributed by atoms with Crippen molar-refractivity contribution in [2.45, 2.75) is 33.2 Å². The van der Waals surface area contributed by atoms with E-state index >= 15 is 0 Å². The number of hydrogen-bond donors (Lipinski definition) is 3. The van der Waals surface area contributed by atoms with Gasteiger partial charge >= 0.3 is 0 Å². The first-order chi connectivity index (χ1) is 11.1. The first kappa shape index (κ1) is 18.9. The fraction of sp³-hybridized carbons (Fsp3) is 0.286. The molecule has 4 N–H and O–H groups in total. The molecule has 24 heavy (non-hydrogen) atoms. The molecule has 1 aromatic heterocycles. The Hall–Kier alpha value is -1.46. The minimum atomic E-state index is -4.02. The molecule has 0 bridgehead atoms. The third kappa shape index (κ3) is 3.78. The third-order valence-corrected chi connectivity index (χ3v) is 8.24. The molecule has 0 fully saturated rings. The van der Waals surface area contributed by atoms with Crippen molar-refractivity contribution in [2.75, 3.05) is 6.54 Å². The van der Waals surface area contributed by atoms with Gasteiger partial charge in [-0.3, -0.25) is 0 Å². The Morgan fingerprint density at radius 3 is 2.29 bits per heavy atom. The minimum Gasteiger partial charge on any atom is -0.508 e. The van der Waals surface area contributed by atoms with Gasteiger partial charge in [0.15, 0.2) is 0 Å². The maximum Gasteiger partial charge on any atom is 0.247 e. The van der Waals surface area contributed by atoms with E-state index in [1.165, 1.54) is 30.3 Å². The Morgan fingerprint density at radius 1 is 1.21 bits per heavy atom. The van der Waals surface area contributed by atoms with Crippen molar-refractivity contribution in [3.05, 3.63) is 35.9 Å². The van der Waals surface area contributed by atoms with Crippen molar-refractivity contribution >= 4 is 31.2 Å². The van der Waals surface area contributed by atoms with Gasteiger partial charge in [0.1, 0.15) is 14.2 Å². The molecule has 2 rings (SSSR count). The number of aromatic hydroxyl groups is 1. The summed E-state index contributed by atoms with van der Waals surface area (Å²) in [5.41, 5.74) is 0.346. The molecule has 0 aliphatic rings. The lowest BCUT2D eigenvalue weighted by Gasteiger charge is -2.13. The Kier molecular flexibility index (Phi) is 5.35. The van der Waals surface area contributed by atoms with Crippen LogP contribution in [0.25, 0.3) is 0 Å². The normalized spacial score (nSPS) is 13.8. The van der Waals surface area contributed by atoms with Crippen molar-refractivity contribution in [3.63, 3.8) is 0 Å². The molecule has 7 nitrogen and oxygen atoms in total. The van der Waals surface area contributed by atoms with Crippen LogP contribution < -0.4 is 10.5 Å². The van der Waals surface area contributed by atoms with E-state index < -0.39 is 19.9 Å². The molecule has 0 amide bonds. The zero-order valence-electron chi connectivity index (χ0n) is 13.1. The Balaban J connectivity index is 2.67. The maximum absolute atomic E-state index is 12.9. The number of thiophene rings is 1. The number of nitrogens with two attached hydrogens (primary N) is 1. The van der Waals surface area contributed by atoms with E-state index in [4.69, 9.17) is 5.14 Å². The molecule has 10 heteroatoms. The number of sulfonamides is 1. The van der Waals surface area contributed by atoms with Gasteiger partial charge in [0, 0.05) is 11.6 Å². The summed E-state index contributed by atoms with van der Waals surface area (Å²) < 4.78 is 48.7. The van der Waals surface area contributed by atoms with Gasteiger partial charge in [0.2, 0.25) is 19.9 Å². The molecule has 0 saturated heterocycles. The van der Waals surface area contributed by atoms with Crippen molar-refractivity contribution < 1.29 is 21.9 Å². The van der Waals surface area contributed by atoms with Crippen LogP contribution in [-0.4, -0.2) is 28.5 Å². The minimum absolute atomic E-state index is 0.0342. The van der Waals surface area contributed by atoms with Gasteiger partial charge in [-0.1, -0.05) is 6.92 Å². The second kappa shape index (κ2) is 6.81. The first-order valence-corrected chi connectivity index (χ1v) is 10.9. The highest BCUT2D eigenvalue weighted by atomic mass is 32.3. The molecular formula is C14H18N2O5S3. The van der Waals surface area contributed by atoms with E-state index in [0.29, 0.717) is 23.4 Å². The van der Waals surface area contributed by atoms with Crippen LogP contribution in [0, 0.1) is 0 Å². The monoisotopic (exact) mass is 390 g/mol. The molecule has 0 aliphatic carbocycles. The molecular weight excluding hydrogens is 372 g/mol. The van der Waals surface area contributed by atoms with E-state index in [1.54, 1.807) is 6.92 Å². The highest BCUT2D eigenvalue weighted by Crippen LogP contribution is 2.37. The van der Waals surface area contributed by atoms with Crippen molar-refractivity contribution in [1.82, 2.24) is 5.32 Å². The van der Waals surface area contributed by atoms with Gasteiger partial charge in [-0.15, -0.1) is 11.3 Å². The summed E-state index contributed by atoms with van der Waals surface area (Å²) in [6.07, 6.45) is 0. The molecule has 0 saturated carbocycles. The van der Waals surface area contributed by atoms with Crippen LogP contribution in [0.4, 0.5) is 0 Å². The van der Waals surface area contributed by atoms with E-state index in [9.17, 15) is 21.9 Å². The lowest BCUT2D eigenvalue weighted by molar-refractivity contribution is 0.474. The quantitative estimate of drug-likeness (QED) is 0.688. The molecule has 0 spiro atoms. The van der Waals surface area contributed by atoms with Crippen LogP contribution in [0.15, 0.2) is 43.6 Å². The van der Waals surface area contributed by atoms with Crippen molar-refractivity contribution in [2.24, 2.45) is 5.14 Å². The summed E-state index contributed by atoms with van der Waals surface area (Å²) >= 11 is 0.623. The van der Waals surface area contributed by atoms with E-state index in [1.807, 2.05) is 6.92 Å². The number of phenolic OH excluding ortho intramolecular Hbond substituents is 1. The molecule has 132 valence electrons. The summed E-state index contributed by atoms with van der Waals surface area (Å²) in [7, 11) is -7.96. The molecule has 0 radical (unpaired) electrons. The number of benzene rings is 1. The summed E-state index contributed by atoms with van der Waals surface area (Å²) in [4.78, 5) is -0.0342. The molecule has 2 aromatic rings. The highest BCUT2D eigenvalue weighted by molar-refractivity contribution is 7.95. The zero-order valence-corrected chi connectivity index (χ0v) is 15.5. The van der Waals surface area contributed by atoms with E-state index in [0.717, 1.165) is 0 Å². The number of phenols is 1. The number of sulfone groups is 1. The smallest absolute Gasteiger partial charge is 0.247 e. The maximum atomic E-state index is 12.9. The number of nitrogens with one attached hydrogen (secondary N) is 1. The predicted molar refractivity (Wildman–Crippen MR) is 91.3 cm³/mol. The van der Waals surface area contributed by atoms with Gasteiger partial charge in [0.25, 0.3) is 0 Å². The number of primary sulfonamides is 1. The SMILES string of the molecule is CCNC(C)c1cc(S(N)(=O)=O)sc1S(=O)(=O)c1ccc(O)cc1. The fourth-order valence-electron chi connectivity index (χ4n) is 2.17. The third-order valence-electron chi connectivity index (χ3n) is 3.35. The summed E-state index contributed by atoms with van der Waals surface area (Å²) in [6.45, 7) is 4.19. The molecule has 0 aliphatic heterocycles. The van der Waals surface area contributed by atoms with Crippen LogP contribution in [-0.2, 0) is 19.9 Å². The average Bonchev–Trinajstić information content (AvgIpc) is 2.94. The number of hydrogen-bond acceptors (Lipinski definition) is 7. The van der Waals surface area contributed by atoms with Crippen LogP contribution in [0.3, 0.4) is 0 Å². The number of rotatable bonds is 6. The van der Waals surface area contributed by atoms with Gasteiger partial charge in [-0.05, 0) is 43.8 Å². The van der Waals surface area contributed by atoms with Crippen molar-refractivity contribution in [3.8, 4) is 5.75 Å². The topological polar surface area (TPSA) is 127 Å². The second-order valence-electron chi connectivity index (χ2n) is 5.13. The Labute approximate surface area is 145 Å². The lowest BCUT2D eigenvalue weighted by atomic mass is 10.2. The Bertz CT molecular complexity index is 931. The average molecular weight is 391 g/mol. The van der Waals surface area contributed by atoms with Gasteiger partial charge in [-0.2, -0.15) is 0 Å². The first-order valence-electron chi connectivity index (χ1n) is 7.01. The van der Waals surface area contributed by atoms with Crippen LogP contribution in [0.2, 0.25) is 0 Å². The van der Waals surface area contributed by atoms with Gasteiger partial charge < -0.3 is 10.4 Å². The van der Waals surface area contributed by atoms with Crippen LogP contribution in [0.1, 0.15) is 25.5 Å². The van der Waals surface area contributed by atoms with Crippen molar-refractivity contribution in [1.29, 1.82) is 0 Å². The van der Waals surface area contributed by atoms with Gasteiger partial charge in [0.05, 0.1) is 4.90 Å². The summed E-state index contributed by atoms with van der Waals surface area (Å²) in [5.74, 6) is -0.0633. The summed E-state index contributed by atoms with van der Waals surface area (Å²) in [5, 5.41) is 17.5. The molecule has 1 atom stereocenters. The highest BCUT2D eigenvalue weighted by Gasteiger charge is 2.29. The van der Waals surface area contributed by atoms with E-state index in [2.05, 4.69) is 5.32 Å².